The maximum absolute atomic E-state index is 11.5. The third-order valence-corrected chi connectivity index (χ3v) is 4.62. The fraction of sp³-hybridized carbons (Fsp3) is 0.294. The topological polar surface area (TPSA) is 54.4 Å². The van der Waals surface area contributed by atoms with E-state index in [9.17, 15) is 14.7 Å². The number of carbonyl (C=O) groups is 2. The lowest BCUT2D eigenvalue weighted by molar-refractivity contribution is -0.141. The molecular weight excluding hydrogens is 284 g/mol. The Balaban J connectivity index is 2.27. The molecule has 0 amide bonds. The third-order valence-electron chi connectivity index (χ3n) is 3.69. The Hall–Kier alpha value is -1.81. The molecule has 21 heavy (non-hydrogen) atoms. The Bertz CT molecular complexity index is 666. The van der Waals surface area contributed by atoms with Crippen LogP contribution in [0.25, 0.3) is 10.8 Å². The summed E-state index contributed by atoms with van der Waals surface area (Å²) in [6.07, 6.45) is 0. The van der Waals surface area contributed by atoms with Crippen LogP contribution in [0.5, 0.6) is 0 Å². The Kier molecular flexibility index (Phi) is 5.02. The second-order valence-electron chi connectivity index (χ2n) is 5.14. The summed E-state index contributed by atoms with van der Waals surface area (Å²) in [5, 5.41) is 11.6. The Morgan fingerprint density at radius 3 is 2.43 bits per heavy atom. The van der Waals surface area contributed by atoms with Gasteiger partial charge in [0.2, 0.25) is 0 Å². The molecule has 0 unspecified atom stereocenters. The quantitative estimate of drug-likeness (QED) is 0.909. The Labute approximate surface area is 128 Å². The number of carboxylic acids is 1. The predicted molar refractivity (Wildman–Crippen MR) is 86.6 cm³/mol. The second-order valence-corrected chi connectivity index (χ2v) is 6.34. The van der Waals surface area contributed by atoms with Crippen LogP contribution < -0.4 is 0 Å². The number of carboxylic acid groups (broad SMARTS) is 1. The normalized spacial score (nSPS) is 13.8. The standard InChI is InChI=1S/C17H18O3S/c1-11(16(17(19)20)10-21-12(2)18)14-8-7-13-5-3-4-6-15(13)9-14/h3-9,11,16H,10H2,1-2H3,(H,19,20)/t11-,16+/m1/s1. The number of fused-ring (bicyclic) bond motifs is 1. The van der Waals surface area contributed by atoms with Gasteiger partial charge in [0.1, 0.15) is 0 Å². The number of rotatable bonds is 5. The molecule has 110 valence electrons. The summed E-state index contributed by atoms with van der Waals surface area (Å²) in [6.45, 7) is 3.37. The van der Waals surface area contributed by atoms with Gasteiger partial charge in [-0.2, -0.15) is 0 Å². The lowest BCUT2D eigenvalue weighted by Crippen LogP contribution is -2.23. The summed E-state index contributed by atoms with van der Waals surface area (Å²) in [6, 6.07) is 14.0. The van der Waals surface area contributed by atoms with Crippen LogP contribution >= 0.6 is 11.8 Å². The summed E-state index contributed by atoms with van der Waals surface area (Å²) in [4.78, 5) is 22.5. The SMILES string of the molecule is CC(=O)SC[C@H](C(=O)O)[C@H](C)c1ccc2ccccc2c1. The molecule has 0 aliphatic carbocycles. The van der Waals surface area contributed by atoms with Crippen LogP contribution in [0.4, 0.5) is 0 Å². The number of hydrogen-bond donors (Lipinski definition) is 1. The minimum atomic E-state index is -0.857. The van der Waals surface area contributed by atoms with Crippen LogP contribution in [0.3, 0.4) is 0 Å². The molecule has 0 aliphatic rings. The number of thioether (sulfide) groups is 1. The Morgan fingerprint density at radius 1 is 1.14 bits per heavy atom. The highest BCUT2D eigenvalue weighted by Crippen LogP contribution is 2.30. The number of hydrogen-bond acceptors (Lipinski definition) is 3. The van der Waals surface area contributed by atoms with Gasteiger partial charge in [-0.25, -0.2) is 0 Å². The first kappa shape index (κ1) is 15.6. The van der Waals surface area contributed by atoms with Crippen LogP contribution in [0.1, 0.15) is 25.3 Å². The van der Waals surface area contributed by atoms with Crippen LogP contribution in [0.15, 0.2) is 42.5 Å². The zero-order chi connectivity index (χ0) is 15.4. The first-order chi connectivity index (χ1) is 9.99. The molecule has 2 aromatic carbocycles. The van der Waals surface area contributed by atoms with E-state index in [1.165, 1.54) is 6.92 Å². The van der Waals surface area contributed by atoms with E-state index >= 15 is 0 Å². The lowest BCUT2D eigenvalue weighted by Gasteiger charge is -2.20. The second kappa shape index (κ2) is 6.76. The maximum atomic E-state index is 11.5. The van der Waals surface area contributed by atoms with Gasteiger partial charge < -0.3 is 5.11 Å². The van der Waals surface area contributed by atoms with E-state index in [-0.39, 0.29) is 11.0 Å². The number of benzene rings is 2. The number of aliphatic carboxylic acids is 1. The van der Waals surface area contributed by atoms with Gasteiger partial charge in [0.25, 0.3) is 0 Å². The fourth-order valence-electron chi connectivity index (χ4n) is 2.36. The zero-order valence-corrected chi connectivity index (χ0v) is 12.9. The van der Waals surface area contributed by atoms with Gasteiger partial charge in [-0.3, -0.25) is 9.59 Å². The van der Waals surface area contributed by atoms with Crippen LogP contribution in [0.2, 0.25) is 0 Å². The van der Waals surface area contributed by atoms with E-state index in [0.717, 1.165) is 28.1 Å². The van der Waals surface area contributed by atoms with Gasteiger partial charge >= 0.3 is 5.97 Å². The predicted octanol–water partition coefficient (Wildman–Crippen LogP) is 3.92. The average Bonchev–Trinajstić information content (AvgIpc) is 2.46. The molecule has 3 nitrogen and oxygen atoms in total. The molecule has 0 heterocycles. The van der Waals surface area contributed by atoms with Crippen molar-refractivity contribution in [2.75, 3.05) is 5.75 Å². The summed E-state index contributed by atoms with van der Waals surface area (Å²) < 4.78 is 0. The van der Waals surface area contributed by atoms with Crippen molar-refractivity contribution < 1.29 is 14.7 Å². The van der Waals surface area contributed by atoms with E-state index in [1.54, 1.807) is 0 Å². The minimum absolute atomic E-state index is 0.0491. The smallest absolute Gasteiger partial charge is 0.307 e. The zero-order valence-electron chi connectivity index (χ0n) is 12.1. The van der Waals surface area contributed by atoms with E-state index in [4.69, 9.17) is 0 Å². The highest BCUT2D eigenvalue weighted by molar-refractivity contribution is 8.13. The molecule has 1 N–H and O–H groups in total. The highest BCUT2D eigenvalue weighted by Gasteiger charge is 2.26. The van der Waals surface area contributed by atoms with Crippen LogP contribution in [-0.4, -0.2) is 21.9 Å². The highest BCUT2D eigenvalue weighted by atomic mass is 32.2. The third kappa shape index (κ3) is 3.85. The first-order valence-corrected chi connectivity index (χ1v) is 7.82. The monoisotopic (exact) mass is 302 g/mol. The van der Waals surface area contributed by atoms with Gasteiger partial charge in [0.15, 0.2) is 5.12 Å². The average molecular weight is 302 g/mol. The molecule has 0 aromatic heterocycles. The van der Waals surface area contributed by atoms with E-state index in [1.807, 2.05) is 49.4 Å². The van der Waals surface area contributed by atoms with Crippen molar-refractivity contribution >= 4 is 33.6 Å². The molecule has 2 aromatic rings. The van der Waals surface area contributed by atoms with Gasteiger partial charge in [-0.15, -0.1) is 0 Å². The van der Waals surface area contributed by atoms with Crippen molar-refractivity contribution in [2.24, 2.45) is 5.92 Å². The molecule has 2 atom stereocenters. The largest absolute Gasteiger partial charge is 0.481 e. The van der Waals surface area contributed by atoms with Crippen molar-refractivity contribution in [2.45, 2.75) is 19.8 Å². The van der Waals surface area contributed by atoms with Crippen molar-refractivity contribution in [3.8, 4) is 0 Å². The molecule has 0 saturated carbocycles. The lowest BCUT2D eigenvalue weighted by atomic mass is 9.88. The molecule has 0 bridgehead atoms. The van der Waals surface area contributed by atoms with Crippen molar-refractivity contribution in [3.05, 3.63) is 48.0 Å². The molecule has 0 spiro atoms. The molecule has 0 saturated heterocycles. The summed E-state index contributed by atoms with van der Waals surface area (Å²) in [5.74, 6) is -1.26. The molecule has 4 heteroatoms. The fourth-order valence-corrected chi connectivity index (χ4v) is 3.21. The molecule has 2 rings (SSSR count). The molecule has 0 aliphatic heterocycles. The molecule has 0 fully saturated rings. The Morgan fingerprint density at radius 2 is 1.81 bits per heavy atom. The number of carbonyl (C=O) groups excluding carboxylic acids is 1. The van der Waals surface area contributed by atoms with Gasteiger partial charge in [0, 0.05) is 12.7 Å². The summed E-state index contributed by atoms with van der Waals surface area (Å²) in [5.41, 5.74) is 0.991. The van der Waals surface area contributed by atoms with Gasteiger partial charge in [-0.1, -0.05) is 61.2 Å². The van der Waals surface area contributed by atoms with E-state index < -0.39 is 11.9 Å². The van der Waals surface area contributed by atoms with Gasteiger partial charge in [-0.05, 0) is 22.3 Å². The van der Waals surface area contributed by atoms with Gasteiger partial charge in [0.05, 0.1) is 5.92 Å². The van der Waals surface area contributed by atoms with Crippen molar-refractivity contribution in [3.63, 3.8) is 0 Å². The maximum Gasteiger partial charge on any atom is 0.307 e. The van der Waals surface area contributed by atoms with Crippen LogP contribution in [-0.2, 0) is 9.59 Å². The van der Waals surface area contributed by atoms with Crippen molar-refractivity contribution in [1.82, 2.24) is 0 Å². The van der Waals surface area contributed by atoms with Crippen molar-refractivity contribution in [1.29, 1.82) is 0 Å². The molecule has 0 radical (unpaired) electrons. The van der Waals surface area contributed by atoms with E-state index in [0.29, 0.717) is 5.75 Å². The minimum Gasteiger partial charge on any atom is -0.481 e. The summed E-state index contributed by atoms with van der Waals surface area (Å²) >= 11 is 1.07. The van der Waals surface area contributed by atoms with Crippen LogP contribution in [0, 0.1) is 5.92 Å². The first-order valence-electron chi connectivity index (χ1n) is 6.84. The summed E-state index contributed by atoms with van der Waals surface area (Å²) in [7, 11) is 0. The van der Waals surface area contributed by atoms with E-state index in [2.05, 4.69) is 0 Å². The molecular formula is C17H18O3S.